The van der Waals surface area contributed by atoms with E-state index in [1.807, 2.05) is 0 Å². The van der Waals surface area contributed by atoms with E-state index in [1.165, 1.54) is 0 Å². The summed E-state index contributed by atoms with van der Waals surface area (Å²) in [6.07, 6.45) is 9.90. The maximum Gasteiger partial charge on any atom is 0.303 e. The summed E-state index contributed by atoms with van der Waals surface area (Å²) in [6, 6.07) is 0. The van der Waals surface area contributed by atoms with Crippen molar-refractivity contribution in [1.29, 1.82) is 0 Å². The molecule has 0 heterocycles. The topological polar surface area (TPSA) is 107 Å². The molecule has 6 nitrogen and oxygen atoms in total. The van der Waals surface area contributed by atoms with Crippen LogP contribution in [0.15, 0.2) is 0 Å². The van der Waals surface area contributed by atoms with Gasteiger partial charge in [-0.15, -0.1) is 0 Å². The molecule has 0 amide bonds. The van der Waals surface area contributed by atoms with E-state index in [2.05, 4.69) is 27.7 Å². The minimum atomic E-state index is -3.33. The van der Waals surface area contributed by atoms with E-state index in [0.717, 1.165) is 71.0 Å². The number of carbonyl (C=O) groups is 1. The Balaban J connectivity index is 3.61. The van der Waals surface area contributed by atoms with Gasteiger partial charge in [-0.1, -0.05) is 47.0 Å². The highest BCUT2D eigenvalue weighted by Gasteiger charge is 2.19. The first-order chi connectivity index (χ1) is 12.8. The second-order valence-electron chi connectivity index (χ2n) is 9.57. The highest BCUT2D eigenvalue weighted by molar-refractivity contribution is 7.89. The Morgan fingerprint density at radius 2 is 1.25 bits per heavy atom. The van der Waals surface area contributed by atoms with Crippen LogP contribution < -0.4 is 5.14 Å². The second-order valence-corrected chi connectivity index (χ2v) is 11.3. The van der Waals surface area contributed by atoms with E-state index >= 15 is 0 Å². The van der Waals surface area contributed by atoms with Gasteiger partial charge >= 0.3 is 5.97 Å². The number of hydrogen-bond acceptors (Lipinski definition) is 4. The van der Waals surface area contributed by atoms with Gasteiger partial charge in [0.15, 0.2) is 0 Å². The van der Waals surface area contributed by atoms with Crippen LogP contribution in [0.2, 0.25) is 0 Å². The molecule has 0 aliphatic rings. The first-order valence-electron chi connectivity index (χ1n) is 10.6. The number of sulfonamides is 1. The van der Waals surface area contributed by atoms with Gasteiger partial charge < -0.3 is 9.84 Å². The molecular weight excluding hydrogens is 378 g/mol. The number of aliphatic carboxylic acids is 1. The maximum atomic E-state index is 10.9. The fourth-order valence-corrected chi connectivity index (χ4v) is 3.93. The van der Waals surface area contributed by atoms with Gasteiger partial charge in [-0.25, -0.2) is 13.6 Å². The van der Waals surface area contributed by atoms with Gasteiger partial charge in [0.05, 0.1) is 5.75 Å². The predicted octanol–water partition coefficient (Wildman–Crippen LogP) is 4.72. The van der Waals surface area contributed by atoms with Crippen molar-refractivity contribution in [3.05, 3.63) is 0 Å². The minimum Gasteiger partial charge on any atom is -0.481 e. The van der Waals surface area contributed by atoms with E-state index in [-0.39, 0.29) is 23.0 Å². The first kappa shape index (κ1) is 27.3. The fraction of sp³-hybridized carbons (Fsp3) is 0.952. The summed E-state index contributed by atoms with van der Waals surface area (Å²) in [6.45, 7) is 10.3. The lowest BCUT2D eigenvalue weighted by atomic mass is 9.82. The first-order valence-corrected chi connectivity index (χ1v) is 12.3. The zero-order valence-corrected chi connectivity index (χ0v) is 19.3. The largest absolute Gasteiger partial charge is 0.481 e. The van der Waals surface area contributed by atoms with Crippen molar-refractivity contribution in [1.82, 2.24) is 0 Å². The molecule has 0 fully saturated rings. The van der Waals surface area contributed by atoms with Crippen molar-refractivity contribution < 1.29 is 23.1 Å². The number of rotatable bonds is 18. The molecule has 28 heavy (non-hydrogen) atoms. The van der Waals surface area contributed by atoms with Crippen molar-refractivity contribution in [3.8, 4) is 0 Å². The highest BCUT2D eigenvalue weighted by Crippen LogP contribution is 2.30. The molecule has 0 aromatic rings. The van der Waals surface area contributed by atoms with Crippen LogP contribution in [-0.2, 0) is 19.6 Å². The smallest absolute Gasteiger partial charge is 0.303 e. The molecule has 0 bridgehead atoms. The number of carboxylic acid groups (broad SMARTS) is 1. The summed E-state index contributed by atoms with van der Waals surface area (Å²) in [7, 11) is -3.33. The molecule has 0 aliphatic carbocycles. The summed E-state index contributed by atoms with van der Waals surface area (Å²) < 4.78 is 27.6. The molecule has 0 aromatic carbocycles. The van der Waals surface area contributed by atoms with Crippen LogP contribution in [0, 0.1) is 10.8 Å². The van der Waals surface area contributed by atoms with Gasteiger partial charge in [-0.2, -0.15) is 0 Å². The summed E-state index contributed by atoms with van der Waals surface area (Å²) in [5, 5.41) is 13.8. The predicted molar refractivity (Wildman–Crippen MR) is 115 cm³/mol. The minimum absolute atomic E-state index is 0.0770. The molecular formula is C21H43NO5S. The van der Waals surface area contributed by atoms with E-state index in [4.69, 9.17) is 15.0 Å². The van der Waals surface area contributed by atoms with E-state index in [0.29, 0.717) is 6.42 Å². The van der Waals surface area contributed by atoms with Crippen molar-refractivity contribution in [2.45, 2.75) is 98.3 Å². The molecule has 3 N–H and O–H groups in total. The van der Waals surface area contributed by atoms with E-state index in [1.54, 1.807) is 0 Å². The van der Waals surface area contributed by atoms with Crippen LogP contribution >= 0.6 is 0 Å². The second kappa shape index (κ2) is 13.5. The third-order valence-corrected chi connectivity index (χ3v) is 6.19. The normalized spacial score (nSPS) is 13.0. The quantitative estimate of drug-likeness (QED) is 0.311. The third kappa shape index (κ3) is 18.7. The van der Waals surface area contributed by atoms with Crippen LogP contribution in [0.5, 0.6) is 0 Å². The molecule has 0 radical (unpaired) electrons. The Morgan fingerprint density at radius 1 is 0.821 bits per heavy atom. The zero-order chi connectivity index (χ0) is 21.7. The van der Waals surface area contributed by atoms with Gasteiger partial charge in [-0.05, 0) is 55.8 Å². The van der Waals surface area contributed by atoms with Gasteiger partial charge in [0.1, 0.15) is 0 Å². The summed E-state index contributed by atoms with van der Waals surface area (Å²) >= 11 is 0. The van der Waals surface area contributed by atoms with Crippen molar-refractivity contribution >= 4 is 16.0 Å². The number of carboxylic acids is 1. The molecule has 0 saturated heterocycles. The number of unbranched alkanes of at least 4 members (excludes halogenated alkanes) is 3. The lowest BCUT2D eigenvalue weighted by molar-refractivity contribution is -0.137. The number of nitrogens with two attached hydrogens (primary N) is 1. The molecule has 168 valence electrons. The summed E-state index contributed by atoms with van der Waals surface area (Å²) in [4.78, 5) is 10.7. The van der Waals surface area contributed by atoms with Gasteiger partial charge in [0.2, 0.25) is 10.0 Å². The average Bonchev–Trinajstić information content (AvgIpc) is 2.55. The Morgan fingerprint density at radius 3 is 1.68 bits per heavy atom. The average molecular weight is 422 g/mol. The number of hydrogen-bond donors (Lipinski definition) is 2. The Bertz CT molecular complexity index is 529. The fourth-order valence-electron chi connectivity index (χ4n) is 3.32. The molecule has 0 unspecified atom stereocenters. The molecule has 0 spiro atoms. The highest BCUT2D eigenvalue weighted by atomic mass is 32.2. The van der Waals surface area contributed by atoms with E-state index in [9.17, 15) is 13.2 Å². The lowest BCUT2D eigenvalue weighted by Gasteiger charge is -2.24. The number of primary sulfonamides is 1. The Kier molecular flexibility index (Phi) is 13.2. The standard InChI is InChI=1S/C21H43NO5S/c1-20(2,14-7-10-18-28(22,25)26)12-5-8-16-27-17-9-6-13-21(3,4)15-11-19(23)24/h5-18H2,1-4H3,(H,23,24)(H2,22,25,26). The van der Waals surface area contributed by atoms with Gasteiger partial charge in [0, 0.05) is 19.6 Å². The summed E-state index contributed by atoms with van der Waals surface area (Å²) in [5.41, 5.74) is 0.304. The lowest BCUT2D eigenvalue weighted by Crippen LogP contribution is -2.17. The van der Waals surface area contributed by atoms with Crippen molar-refractivity contribution in [2.75, 3.05) is 19.0 Å². The Labute approximate surface area is 172 Å². The molecule has 0 rings (SSSR count). The van der Waals surface area contributed by atoms with Crippen LogP contribution in [0.25, 0.3) is 0 Å². The molecule has 0 saturated carbocycles. The van der Waals surface area contributed by atoms with E-state index < -0.39 is 16.0 Å². The van der Waals surface area contributed by atoms with Crippen LogP contribution in [0.1, 0.15) is 98.3 Å². The molecule has 0 aromatic heterocycles. The third-order valence-electron chi connectivity index (χ3n) is 5.33. The van der Waals surface area contributed by atoms with Gasteiger partial charge in [0.25, 0.3) is 0 Å². The SMILES string of the molecule is CC(C)(CCCCOCCCCC(C)(C)CCC(=O)O)CCCCS(N)(=O)=O. The zero-order valence-electron chi connectivity index (χ0n) is 18.5. The molecule has 7 heteroatoms. The van der Waals surface area contributed by atoms with Crippen molar-refractivity contribution in [2.24, 2.45) is 16.0 Å². The maximum absolute atomic E-state index is 10.9. The Hall–Kier alpha value is -0.660. The summed E-state index contributed by atoms with van der Waals surface area (Å²) in [5.74, 6) is -0.642. The van der Waals surface area contributed by atoms with Crippen molar-refractivity contribution in [3.63, 3.8) is 0 Å². The van der Waals surface area contributed by atoms with Crippen LogP contribution in [0.3, 0.4) is 0 Å². The van der Waals surface area contributed by atoms with Crippen LogP contribution in [-0.4, -0.2) is 38.5 Å². The van der Waals surface area contributed by atoms with Crippen LogP contribution in [0.4, 0.5) is 0 Å². The monoisotopic (exact) mass is 421 g/mol. The van der Waals surface area contributed by atoms with Gasteiger partial charge in [-0.3, -0.25) is 4.79 Å². The molecule has 0 aliphatic heterocycles. The number of ether oxygens (including phenoxy) is 1. The molecule has 0 atom stereocenters.